The third-order valence-corrected chi connectivity index (χ3v) is 2.21. The molecule has 5 nitrogen and oxygen atoms in total. The number of hydrogen-bond acceptors (Lipinski definition) is 5. The van der Waals surface area contributed by atoms with Crippen molar-refractivity contribution < 1.29 is 27.8 Å². The van der Waals surface area contributed by atoms with E-state index in [1.807, 2.05) is 0 Å². The smallest absolute Gasteiger partial charge is 0.186 e. The van der Waals surface area contributed by atoms with Crippen LogP contribution in [0, 0.1) is 0 Å². The van der Waals surface area contributed by atoms with Crippen molar-refractivity contribution in [3.05, 3.63) is 0 Å². The Labute approximate surface area is 88.4 Å². The van der Waals surface area contributed by atoms with E-state index >= 15 is 0 Å². The van der Waals surface area contributed by atoms with Gasteiger partial charge in [0, 0.05) is 28.4 Å². The van der Waals surface area contributed by atoms with Crippen LogP contribution in [0.4, 0.5) is 0 Å². The highest BCUT2D eigenvalue weighted by Gasteiger charge is 2.41. The summed E-state index contributed by atoms with van der Waals surface area (Å²) in [4.78, 5) is 0. The van der Waals surface area contributed by atoms with Crippen molar-refractivity contribution in [2.75, 3.05) is 35.0 Å². The van der Waals surface area contributed by atoms with Crippen molar-refractivity contribution >= 4 is 0 Å². The third kappa shape index (κ3) is 2.24. The first-order chi connectivity index (χ1) is 8.28. The van der Waals surface area contributed by atoms with E-state index in [0.29, 0.717) is 0 Å². The van der Waals surface area contributed by atoms with Crippen LogP contribution in [0.3, 0.4) is 0 Å². The highest BCUT2D eigenvalue weighted by Crippen LogP contribution is 2.22. The highest BCUT2D eigenvalue weighted by atomic mass is 16.7. The minimum Gasteiger partial charge on any atom is -0.376 e. The molecule has 0 spiro atoms. The summed E-state index contributed by atoms with van der Waals surface area (Å²) in [5.41, 5.74) is 0. The monoisotopic (exact) mass is 209 g/mol. The molecule has 1 saturated heterocycles. The van der Waals surface area contributed by atoms with Gasteiger partial charge in [-0.15, -0.1) is 0 Å². The summed E-state index contributed by atoms with van der Waals surface area (Å²) in [5.74, 6) is 0. The van der Waals surface area contributed by atoms with Crippen LogP contribution in [0.15, 0.2) is 0 Å². The minimum absolute atomic E-state index is 0.208. The van der Waals surface area contributed by atoms with Crippen molar-refractivity contribution in [3.8, 4) is 0 Å². The van der Waals surface area contributed by atoms with Gasteiger partial charge in [0.1, 0.15) is 18.3 Å². The van der Waals surface area contributed by atoms with Gasteiger partial charge in [-0.1, -0.05) is 0 Å². The van der Waals surface area contributed by atoms with Crippen molar-refractivity contribution in [2.24, 2.45) is 0 Å². The van der Waals surface area contributed by atoms with Gasteiger partial charge in [0.05, 0.1) is 10.7 Å². The lowest BCUT2D eigenvalue weighted by Crippen LogP contribution is -2.55. The Morgan fingerprint density at radius 1 is 1.07 bits per heavy atom. The number of rotatable bonds is 4. The van der Waals surface area contributed by atoms with Gasteiger partial charge in [-0.05, 0) is 0 Å². The number of methoxy groups -OCH3 is 4. The molecule has 0 bridgehead atoms. The van der Waals surface area contributed by atoms with Gasteiger partial charge in [0.25, 0.3) is 0 Å². The van der Waals surface area contributed by atoms with Crippen LogP contribution in [0.2, 0.25) is 0 Å². The Morgan fingerprint density at radius 2 is 1.79 bits per heavy atom. The molecule has 0 N–H and O–H groups in total. The summed E-state index contributed by atoms with van der Waals surface area (Å²) in [7, 11) is 0.724. The second kappa shape index (κ2) is 5.63. The van der Waals surface area contributed by atoms with Crippen LogP contribution in [0.25, 0.3) is 0 Å². The van der Waals surface area contributed by atoms with Crippen molar-refractivity contribution in [2.45, 2.75) is 24.6 Å². The fourth-order valence-electron chi connectivity index (χ4n) is 1.47. The van der Waals surface area contributed by atoms with Crippen LogP contribution in [0.1, 0.15) is 4.11 Å². The Balaban J connectivity index is 2.71. The molecule has 0 aromatic heterocycles. The second-order valence-corrected chi connectivity index (χ2v) is 2.91. The standard InChI is InChI=1S/C9H18O5/c1-10-6-5-14-9(13-4)8(12-3)7(6)11-2/h6-9H,5H2,1-4H3/t6-,7+,8-,9?/m1/s1/i1D,2D,3D. The average Bonchev–Trinajstić information content (AvgIpc) is 2.34. The van der Waals surface area contributed by atoms with Gasteiger partial charge < -0.3 is 23.7 Å². The average molecular weight is 209 g/mol. The van der Waals surface area contributed by atoms with E-state index in [2.05, 4.69) is 0 Å². The van der Waals surface area contributed by atoms with E-state index in [4.69, 9.17) is 27.8 Å². The van der Waals surface area contributed by atoms with Crippen molar-refractivity contribution in [1.29, 1.82) is 0 Å². The zero-order chi connectivity index (χ0) is 12.7. The van der Waals surface area contributed by atoms with Crippen molar-refractivity contribution in [1.82, 2.24) is 0 Å². The van der Waals surface area contributed by atoms with Gasteiger partial charge >= 0.3 is 0 Å². The lowest BCUT2D eigenvalue weighted by Gasteiger charge is -2.39. The number of ether oxygens (including phenoxy) is 5. The Morgan fingerprint density at radius 3 is 2.43 bits per heavy atom. The van der Waals surface area contributed by atoms with Gasteiger partial charge in [-0.25, -0.2) is 0 Å². The molecule has 5 heteroatoms. The van der Waals surface area contributed by atoms with E-state index in [1.54, 1.807) is 0 Å². The summed E-state index contributed by atoms with van der Waals surface area (Å²) in [6, 6.07) is 0. The first-order valence-corrected chi connectivity index (χ1v) is 4.15. The van der Waals surface area contributed by atoms with E-state index in [9.17, 15) is 0 Å². The Hall–Kier alpha value is -0.200. The molecule has 1 aliphatic heterocycles. The molecule has 0 saturated carbocycles. The Bertz CT molecular complexity index is 209. The van der Waals surface area contributed by atoms with Crippen LogP contribution >= 0.6 is 0 Å². The summed E-state index contributed by atoms with van der Waals surface area (Å²) in [6.07, 6.45) is -2.33. The maximum absolute atomic E-state index is 7.10. The summed E-state index contributed by atoms with van der Waals surface area (Å²) < 4.78 is 47.2. The van der Waals surface area contributed by atoms with Gasteiger partial charge in [-0.3, -0.25) is 0 Å². The summed E-state index contributed by atoms with van der Waals surface area (Å²) >= 11 is 0. The topological polar surface area (TPSA) is 46.2 Å². The molecule has 1 heterocycles. The normalized spacial score (nSPS) is 41.4. The maximum Gasteiger partial charge on any atom is 0.186 e. The van der Waals surface area contributed by atoms with Gasteiger partial charge in [0.15, 0.2) is 6.29 Å². The lowest BCUT2D eigenvalue weighted by molar-refractivity contribution is -0.276. The van der Waals surface area contributed by atoms with Crippen molar-refractivity contribution in [3.63, 3.8) is 0 Å². The zero-order valence-electron chi connectivity index (χ0n) is 11.2. The minimum atomic E-state index is -0.650. The molecule has 14 heavy (non-hydrogen) atoms. The molecule has 0 aliphatic carbocycles. The second-order valence-electron chi connectivity index (χ2n) is 2.91. The molecule has 0 aromatic carbocycles. The molecule has 1 rings (SSSR count). The van der Waals surface area contributed by atoms with Crippen LogP contribution in [-0.2, 0) is 23.7 Å². The molecule has 1 unspecified atom stereocenters. The third-order valence-electron chi connectivity index (χ3n) is 2.21. The first-order valence-electron chi connectivity index (χ1n) is 6.27. The summed E-state index contributed by atoms with van der Waals surface area (Å²) in [6.45, 7) is 0.208. The first kappa shape index (κ1) is 8.01. The summed E-state index contributed by atoms with van der Waals surface area (Å²) in [5, 5.41) is 0. The van der Waals surface area contributed by atoms with Crippen LogP contribution < -0.4 is 0 Å². The highest BCUT2D eigenvalue weighted by molar-refractivity contribution is 4.85. The fourth-order valence-corrected chi connectivity index (χ4v) is 1.47. The zero-order valence-corrected chi connectivity index (χ0v) is 8.18. The van der Waals surface area contributed by atoms with Gasteiger partial charge in [0.2, 0.25) is 0 Å². The molecular weight excluding hydrogens is 188 g/mol. The molecule has 0 aromatic rings. The van der Waals surface area contributed by atoms with E-state index in [-0.39, 0.29) is 27.9 Å². The fraction of sp³-hybridized carbons (Fsp3) is 1.00. The predicted octanol–water partition coefficient (Wildman–Crippen LogP) is 0.0341. The van der Waals surface area contributed by atoms with Crippen LogP contribution in [0.5, 0.6) is 0 Å². The molecule has 1 aliphatic rings. The van der Waals surface area contributed by atoms with E-state index in [0.717, 1.165) is 0 Å². The maximum atomic E-state index is 7.10. The molecule has 1 fully saturated rings. The van der Waals surface area contributed by atoms with E-state index < -0.39 is 24.6 Å². The van der Waals surface area contributed by atoms with E-state index in [1.165, 1.54) is 7.11 Å². The molecular formula is C9H18O5. The lowest BCUT2D eigenvalue weighted by atomic mass is 10.0. The Kier molecular flexibility index (Phi) is 3.22. The quantitative estimate of drug-likeness (QED) is 0.654. The molecule has 0 radical (unpaired) electrons. The van der Waals surface area contributed by atoms with Crippen LogP contribution in [-0.4, -0.2) is 59.6 Å². The number of hydrogen-bond donors (Lipinski definition) is 0. The molecule has 0 amide bonds. The van der Waals surface area contributed by atoms with Gasteiger partial charge in [-0.2, -0.15) is 0 Å². The predicted molar refractivity (Wildman–Crippen MR) is 49.1 cm³/mol. The molecule has 84 valence electrons. The molecule has 4 atom stereocenters. The SMILES string of the molecule is [2H]CO[C@H]1[C@H](OC[2H])COC(OC)[C@@H]1OC[2H]. The largest absolute Gasteiger partial charge is 0.376 e.